The lowest BCUT2D eigenvalue weighted by atomic mass is 9.45. The van der Waals surface area contributed by atoms with E-state index in [-0.39, 0.29) is 5.41 Å². The van der Waals surface area contributed by atoms with Gasteiger partial charge >= 0.3 is 0 Å². The Hall–Kier alpha value is -0.590. The molecule has 122 valence electrons. The summed E-state index contributed by atoms with van der Waals surface area (Å²) in [5.74, 6) is 4.00. The molecule has 7 atom stereocenters. The molecule has 1 heteroatoms. The molecule has 4 aliphatic carbocycles. The van der Waals surface area contributed by atoms with Crippen LogP contribution in [0.5, 0.6) is 0 Å². The Kier molecular flexibility index (Phi) is 3.55. The molecule has 0 spiro atoms. The fraction of sp³-hybridized carbons (Fsp3) is 0.857. The second-order valence-electron chi connectivity index (χ2n) is 9.02. The second kappa shape index (κ2) is 5.21. The first-order chi connectivity index (χ1) is 10.7. The summed E-state index contributed by atoms with van der Waals surface area (Å²) in [5.41, 5.74) is 0.584. The maximum atomic E-state index is 12.2. The van der Waals surface area contributed by atoms with E-state index < -0.39 is 0 Å². The minimum Gasteiger partial charge on any atom is -0.303 e. The fourth-order valence-electron chi connectivity index (χ4n) is 7.54. The Balaban J connectivity index is 1.68. The van der Waals surface area contributed by atoms with Crippen molar-refractivity contribution in [2.75, 3.05) is 0 Å². The van der Waals surface area contributed by atoms with Crippen LogP contribution in [0.1, 0.15) is 71.6 Å². The van der Waals surface area contributed by atoms with Gasteiger partial charge in [0.25, 0.3) is 0 Å². The van der Waals surface area contributed by atoms with Gasteiger partial charge in [-0.2, -0.15) is 0 Å². The molecule has 0 aromatic carbocycles. The van der Waals surface area contributed by atoms with Gasteiger partial charge in [-0.15, -0.1) is 0 Å². The van der Waals surface area contributed by atoms with Crippen LogP contribution < -0.4 is 0 Å². The molecule has 0 bridgehead atoms. The molecule has 1 nitrogen and oxygen atoms in total. The van der Waals surface area contributed by atoms with Gasteiger partial charge < -0.3 is 4.79 Å². The minimum absolute atomic E-state index is 0.00327. The first-order valence-corrected chi connectivity index (χ1v) is 9.77. The van der Waals surface area contributed by atoms with Crippen LogP contribution in [-0.2, 0) is 4.79 Å². The van der Waals surface area contributed by atoms with E-state index in [1.807, 2.05) is 0 Å². The quantitative estimate of drug-likeness (QED) is 0.493. The van der Waals surface area contributed by atoms with Crippen molar-refractivity contribution in [1.82, 2.24) is 0 Å². The van der Waals surface area contributed by atoms with Gasteiger partial charge in [0.2, 0.25) is 0 Å². The van der Waals surface area contributed by atoms with Crippen molar-refractivity contribution in [3.63, 3.8) is 0 Å². The van der Waals surface area contributed by atoms with Crippen LogP contribution >= 0.6 is 0 Å². The van der Waals surface area contributed by atoms with Gasteiger partial charge in [-0.3, -0.25) is 0 Å². The molecule has 22 heavy (non-hydrogen) atoms. The average molecular weight is 300 g/mol. The molecule has 3 fully saturated rings. The van der Waals surface area contributed by atoms with E-state index in [1.165, 1.54) is 51.2 Å². The number of hydrogen-bond donors (Lipinski definition) is 0. The normalized spacial score (nSPS) is 53.5. The number of rotatable bonds is 2. The number of hydrogen-bond acceptors (Lipinski definition) is 1. The Morgan fingerprint density at radius 3 is 2.73 bits per heavy atom. The van der Waals surface area contributed by atoms with Crippen molar-refractivity contribution >= 4 is 6.29 Å². The zero-order valence-corrected chi connectivity index (χ0v) is 14.4. The van der Waals surface area contributed by atoms with E-state index in [4.69, 9.17) is 0 Å². The third-order valence-corrected chi connectivity index (χ3v) is 8.70. The molecule has 0 aromatic heterocycles. The van der Waals surface area contributed by atoms with Crippen LogP contribution in [0, 0.1) is 40.4 Å². The molecule has 3 saturated carbocycles. The van der Waals surface area contributed by atoms with Gasteiger partial charge in [0.15, 0.2) is 0 Å². The standard InChI is InChI=1S/C21H32O/c1-3-15-8-10-18-17-9-7-16-6-4-5-12-21(16,14-22)19(17)11-13-20(15,18)2/h4-5,14-19H,3,6-13H2,1-2H3/t15-,16?,17-,18-,19-,20+,21+/m0/s1. The van der Waals surface area contributed by atoms with E-state index in [9.17, 15) is 4.79 Å². The molecule has 0 heterocycles. The van der Waals surface area contributed by atoms with Crippen LogP contribution in [0.25, 0.3) is 0 Å². The Bertz CT molecular complexity index is 480. The van der Waals surface area contributed by atoms with Gasteiger partial charge in [-0.1, -0.05) is 32.4 Å². The Morgan fingerprint density at radius 1 is 1.09 bits per heavy atom. The lowest BCUT2D eigenvalue weighted by molar-refractivity contribution is -0.141. The predicted molar refractivity (Wildman–Crippen MR) is 90.4 cm³/mol. The van der Waals surface area contributed by atoms with E-state index in [2.05, 4.69) is 26.0 Å². The molecular weight excluding hydrogens is 268 g/mol. The summed E-state index contributed by atoms with van der Waals surface area (Å²) in [7, 11) is 0. The number of fused-ring (bicyclic) bond motifs is 5. The summed E-state index contributed by atoms with van der Waals surface area (Å²) < 4.78 is 0. The number of carbonyl (C=O) groups is 1. The molecule has 0 N–H and O–H groups in total. The highest BCUT2D eigenvalue weighted by atomic mass is 16.1. The summed E-state index contributed by atoms with van der Waals surface area (Å²) >= 11 is 0. The minimum atomic E-state index is 0.00327. The Morgan fingerprint density at radius 2 is 1.95 bits per heavy atom. The zero-order valence-electron chi connectivity index (χ0n) is 14.4. The summed E-state index contributed by atoms with van der Waals surface area (Å²) in [4.78, 5) is 12.2. The van der Waals surface area contributed by atoms with Crippen molar-refractivity contribution in [3.8, 4) is 0 Å². The SMILES string of the molecule is CC[C@H]1CC[C@H]2[C@@H]3CCC4CC=CC[C@]4(C=O)[C@H]3CC[C@]12C. The number of aldehydes is 1. The lowest BCUT2D eigenvalue weighted by Gasteiger charge is -2.59. The topological polar surface area (TPSA) is 17.1 Å². The van der Waals surface area contributed by atoms with Crippen molar-refractivity contribution in [2.24, 2.45) is 40.4 Å². The van der Waals surface area contributed by atoms with Crippen molar-refractivity contribution in [3.05, 3.63) is 12.2 Å². The first-order valence-electron chi connectivity index (χ1n) is 9.77. The van der Waals surface area contributed by atoms with Gasteiger partial charge in [0, 0.05) is 5.41 Å². The smallest absolute Gasteiger partial charge is 0.127 e. The van der Waals surface area contributed by atoms with Crippen molar-refractivity contribution in [2.45, 2.75) is 71.6 Å². The summed E-state index contributed by atoms with van der Waals surface area (Å²) in [5, 5.41) is 0. The van der Waals surface area contributed by atoms with E-state index in [1.54, 1.807) is 0 Å². The fourth-order valence-corrected chi connectivity index (χ4v) is 7.54. The van der Waals surface area contributed by atoms with Crippen LogP contribution in [-0.4, -0.2) is 6.29 Å². The number of allylic oxidation sites excluding steroid dienone is 2. The highest BCUT2D eigenvalue weighted by Crippen LogP contribution is 2.66. The third kappa shape index (κ3) is 1.80. The van der Waals surface area contributed by atoms with Crippen molar-refractivity contribution in [1.29, 1.82) is 0 Å². The van der Waals surface area contributed by atoms with Gasteiger partial charge in [-0.05, 0) is 86.4 Å². The molecule has 1 unspecified atom stereocenters. The summed E-state index contributed by atoms with van der Waals surface area (Å²) in [6.45, 7) is 4.98. The Labute approximate surface area is 135 Å². The molecule has 0 saturated heterocycles. The largest absolute Gasteiger partial charge is 0.303 e. The number of carbonyl (C=O) groups excluding carboxylic acids is 1. The van der Waals surface area contributed by atoms with Gasteiger partial charge in [0.05, 0.1) is 0 Å². The molecule has 0 aliphatic heterocycles. The highest BCUT2D eigenvalue weighted by Gasteiger charge is 2.60. The van der Waals surface area contributed by atoms with E-state index >= 15 is 0 Å². The van der Waals surface area contributed by atoms with Crippen LogP contribution in [0.15, 0.2) is 12.2 Å². The van der Waals surface area contributed by atoms with E-state index in [0.29, 0.717) is 17.3 Å². The summed E-state index contributed by atoms with van der Waals surface area (Å²) in [6, 6.07) is 0. The highest BCUT2D eigenvalue weighted by molar-refractivity contribution is 5.62. The van der Waals surface area contributed by atoms with Crippen LogP contribution in [0.4, 0.5) is 0 Å². The molecule has 0 radical (unpaired) electrons. The molecular formula is C21H32O. The molecule has 4 rings (SSSR count). The maximum Gasteiger partial charge on any atom is 0.127 e. The summed E-state index contributed by atoms with van der Waals surface area (Å²) in [6.07, 6.45) is 17.9. The molecule has 0 aromatic rings. The van der Waals surface area contributed by atoms with Crippen LogP contribution in [0.2, 0.25) is 0 Å². The third-order valence-electron chi connectivity index (χ3n) is 8.70. The monoisotopic (exact) mass is 300 g/mol. The lowest BCUT2D eigenvalue weighted by Crippen LogP contribution is -2.54. The van der Waals surface area contributed by atoms with Gasteiger partial charge in [0.1, 0.15) is 6.29 Å². The predicted octanol–water partition coefficient (Wildman–Crippen LogP) is 5.40. The average Bonchev–Trinajstić information content (AvgIpc) is 2.90. The van der Waals surface area contributed by atoms with Gasteiger partial charge in [-0.25, -0.2) is 0 Å². The van der Waals surface area contributed by atoms with Crippen LogP contribution in [0.3, 0.4) is 0 Å². The zero-order chi connectivity index (χ0) is 15.4. The van der Waals surface area contributed by atoms with E-state index in [0.717, 1.165) is 30.6 Å². The molecule has 0 amide bonds. The van der Waals surface area contributed by atoms with Crippen molar-refractivity contribution < 1.29 is 4.79 Å². The maximum absolute atomic E-state index is 12.2. The molecule has 4 aliphatic rings. The first kappa shape index (κ1) is 15.0. The second-order valence-corrected chi connectivity index (χ2v) is 9.02.